The molecule has 16 heavy (non-hydrogen) atoms. The summed E-state index contributed by atoms with van der Waals surface area (Å²) in [5, 5.41) is 0. The lowest BCUT2D eigenvalue weighted by Gasteiger charge is -2.24. The van der Waals surface area contributed by atoms with Gasteiger partial charge in [-0.05, 0) is 6.92 Å². The van der Waals surface area contributed by atoms with Crippen LogP contribution in [0.2, 0.25) is 0 Å². The summed E-state index contributed by atoms with van der Waals surface area (Å²) < 4.78 is 5.25. The number of hydrogen-bond acceptors (Lipinski definition) is 3. The second-order valence-electron chi connectivity index (χ2n) is 5.79. The second-order valence-corrected chi connectivity index (χ2v) is 5.79. The normalized spacial score (nSPS) is 12.6. The summed E-state index contributed by atoms with van der Waals surface area (Å²) in [5.74, 6) is -0.0528. The Balaban J connectivity index is 4.41. The van der Waals surface area contributed by atoms with Crippen molar-refractivity contribution in [2.45, 2.75) is 48.0 Å². The number of carbonyl (C=O) groups is 2. The summed E-state index contributed by atoms with van der Waals surface area (Å²) in [6.45, 7) is 12.0. The van der Waals surface area contributed by atoms with Gasteiger partial charge in [-0.3, -0.25) is 9.59 Å². The van der Waals surface area contributed by atoms with Gasteiger partial charge in [0.25, 0.3) is 0 Å². The average Bonchev–Trinajstić information content (AvgIpc) is 2.13. The molecule has 0 radical (unpaired) electrons. The molecule has 0 saturated carbocycles. The predicted octanol–water partition coefficient (Wildman–Crippen LogP) is 2.62. The van der Waals surface area contributed by atoms with E-state index in [0.29, 0.717) is 13.2 Å². The van der Waals surface area contributed by atoms with Gasteiger partial charge in [0.05, 0.1) is 13.0 Å². The maximum atomic E-state index is 11.9. The standard InChI is InChI=1S/C13H24O3/c1-7-16-9-13(5,6)11(15)8-10(14)12(2,3)4/h7-9H2,1-6H3. The molecular weight excluding hydrogens is 204 g/mol. The SMILES string of the molecule is CCOCC(C)(C)C(=O)CC(=O)C(C)(C)C. The minimum absolute atomic E-state index is 0.00355. The summed E-state index contributed by atoms with van der Waals surface area (Å²) >= 11 is 0. The lowest BCUT2D eigenvalue weighted by Crippen LogP contribution is -2.34. The zero-order chi connectivity index (χ0) is 13.0. The lowest BCUT2D eigenvalue weighted by atomic mass is 9.81. The van der Waals surface area contributed by atoms with Crippen molar-refractivity contribution in [3.05, 3.63) is 0 Å². The number of rotatable bonds is 6. The number of Topliss-reactive ketones (excluding diaryl/α,β-unsaturated/α-hetero) is 2. The first-order valence-corrected chi connectivity index (χ1v) is 5.75. The minimum atomic E-state index is -0.572. The Morgan fingerprint density at radius 2 is 1.50 bits per heavy atom. The van der Waals surface area contributed by atoms with Crippen LogP contribution < -0.4 is 0 Å². The van der Waals surface area contributed by atoms with Gasteiger partial charge >= 0.3 is 0 Å². The van der Waals surface area contributed by atoms with Gasteiger partial charge in [0.15, 0.2) is 0 Å². The zero-order valence-electron chi connectivity index (χ0n) is 11.3. The van der Waals surface area contributed by atoms with Gasteiger partial charge in [-0.25, -0.2) is 0 Å². The van der Waals surface area contributed by atoms with Crippen molar-refractivity contribution in [2.24, 2.45) is 10.8 Å². The van der Waals surface area contributed by atoms with Gasteiger partial charge in [0.1, 0.15) is 11.6 Å². The first kappa shape index (κ1) is 15.3. The highest BCUT2D eigenvalue weighted by atomic mass is 16.5. The third-order valence-corrected chi connectivity index (χ3v) is 2.58. The molecule has 0 aromatic heterocycles. The van der Waals surface area contributed by atoms with Gasteiger partial charge < -0.3 is 4.74 Å². The van der Waals surface area contributed by atoms with Crippen molar-refractivity contribution >= 4 is 11.6 Å². The van der Waals surface area contributed by atoms with E-state index >= 15 is 0 Å². The fourth-order valence-electron chi connectivity index (χ4n) is 1.09. The van der Waals surface area contributed by atoms with Gasteiger partial charge in [0.2, 0.25) is 0 Å². The lowest BCUT2D eigenvalue weighted by molar-refractivity contribution is -0.137. The summed E-state index contributed by atoms with van der Waals surface area (Å²) in [5.41, 5.74) is -1.02. The molecule has 3 nitrogen and oxygen atoms in total. The molecule has 0 bridgehead atoms. The maximum absolute atomic E-state index is 11.9. The summed E-state index contributed by atoms with van der Waals surface area (Å²) in [4.78, 5) is 23.7. The van der Waals surface area contributed by atoms with E-state index in [2.05, 4.69) is 0 Å². The molecule has 0 atom stereocenters. The Morgan fingerprint density at radius 3 is 1.88 bits per heavy atom. The Kier molecular flexibility index (Phi) is 5.33. The molecule has 0 rings (SSSR count). The fraction of sp³-hybridized carbons (Fsp3) is 0.846. The van der Waals surface area contributed by atoms with E-state index in [9.17, 15) is 9.59 Å². The summed E-state index contributed by atoms with van der Waals surface area (Å²) in [6.07, 6.45) is 0.00355. The van der Waals surface area contributed by atoms with Gasteiger partial charge in [0, 0.05) is 17.4 Å². The highest BCUT2D eigenvalue weighted by Gasteiger charge is 2.32. The summed E-state index contributed by atoms with van der Waals surface area (Å²) in [7, 11) is 0. The highest BCUT2D eigenvalue weighted by Crippen LogP contribution is 2.23. The minimum Gasteiger partial charge on any atom is -0.381 e. The van der Waals surface area contributed by atoms with Crippen LogP contribution >= 0.6 is 0 Å². The molecule has 0 aromatic carbocycles. The van der Waals surface area contributed by atoms with Crippen molar-refractivity contribution in [3.63, 3.8) is 0 Å². The molecule has 0 heterocycles. The molecule has 0 N–H and O–H groups in total. The van der Waals surface area contributed by atoms with Crippen molar-refractivity contribution < 1.29 is 14.3 Å². The van der Waals surface area contributed by atoms with Crippen molar-refractivity contribution in [2.75, 3.05) is 13.2 Å². The number of carbonyl (C=O) groups excluding carboxylic acids is 2. The van der Waals surface area contributed by atoms with Crippen LogP contribution in [0.3, 0.4) is 0 Å². The van der Waals surface area contributed by atoms with E-state index in [4.69, 9.17) is 4.74 Å². The molecule has 0 aliphatic rings. The molecule has 0 aliphatic heterocycles. The monoisotopic (exact) mass is 228 g/mol. The smallest absolute Gasteiger partial charge is 0.148 e. The topological polar surface area (TPSA) is 43.4 Å². The van der Waals surface area contributed by atoms with Crippen LogP contribution in [-0.2, 0) is 14.3 Å². The quantitative estimate of drug-likeness (QED) is 0.656. The van der Waals surface area contributed by atoms with Gasteiger partial charge in [-0.2, -0.15) is 0 Å². The van der Waals surface area contributed by atoms with Crippen LogP contribution in [0.1, 0.15) is 48.0 Å². The zero-order valence-corrected chi connectivity index (χ0v) is 11.3. The Bertz CT molecular complexity index is 259. The molecule has 0 amide bonds. The van der Waals surface area contributed by atoms with Crippen LogP contribution in [0.25, 0.3) is 0 Å². The van der Waals surface area contributed by atoms with E-state index < -0.39 is 10.8 Å². The molecule has 0 saturated heterocycles. The molecular formula is C13H24O3. The largest absolute Gasteiger partial charge is 0.381 e. The average molecular weight is 228 g/mol. The molecule has 0 unspecified atom stereocenters. The van der Waals surface area contributed by atoms with Crippen LogP contribution in [0.15, 0.2) is 0 Å². The van der Waals surface area contributed by atoms with Gasteiger partial charge in [-0.1, -0.05) is 34.6 Å². The summed E-state index contributed by atoms with van der Waals surface area (Å²) in [6, 6.07) is 0. The molecule has 0 aliphatic carbocycles. The molecule has 0 spiro atoms. The molecule has 0 aromatic rings. The van der Waals surface area contributed by atoms with E-state index in [1.54, 1.807) is 0 Å². The van der Waals surface area contributed by atoms with Crippen LogP contribution in [0.5, 0.6) is 0 Å². The van der Waals surface area contributed by atoms with E-state index in [0.717, 1.165) is 0 Å². The predicted molar refractivity (Wildman–Crippen MR) is 64.4 cm³/mol. The van der Waals surface area contributed by atoms with Gasteiger partial charge in [-0.15, -0.1) is 0 Å². The van der Waals surface area contributed by atoms with Crippen LogP contribution in [0, 0.1) is 10.8 Å². The maximum Gasteiger partial charge on any atom is 0.148 e. The van der Waals surface area contributed by atoms with E-state index in [1.807, 2.05) is 41.5 Å². The van der Waals surface area contributed by atoms with Crippen LogP contribution in [0.4, 0.5) is 0 Å². The third kappa shape index (κ3) is 4.88. The Labute approximate surface area is 98.6 Å². The number of ketones is 2. The first-order valence-electron chi connectivity index (χ1n) is 5.75. The molecule has 3 heteroatoms. The second kappa shape index (κ2) is 5.58. The van der Waals surface area contributed by atoms with E-state index in [1.165, 1.54) is 0 Å². The van der Waals surface area contributed by atoms with Crippen molar-refractivity contribution in [1.82, 2.24) is 0 Å². The molecule has 0 fully saturated rings. The number of ether oxygens (including phenoxy) is 1. The van der Waals surface area contributed by atoms with Crippen LogP contribution in [-0.4, -0.2) is 24.8 Å². The third-order valence-electron chi connectivity index (χ3n) is 2.58. The first-order chi connectivity index (χ1) is 7.11. The van der Waals surface area contributed by atoms with Crippen molar-refractivity contribution in [3.8, 4) is 0 Å². The Hall–Kier alpha value is -0.700. The number of hydrogen-bond donors (Lipinski definition) is 0. The fourth-order valence-corrected chi connectivity index (χ4v) is 1.09. The van der Waals surface area contributed by atoms with E-state index in [-0.39, 0.29) is 18.0 Å². The Morgan fingerprint density at radius 1 is 1.00 bits per heavy atom. The molecule has 94 valence electrons. The van der Waals surface area contributed by atoms with Crippen molar-refractivity contribution in [1.29, 1.82) is 0 Å². The highest BCUT2D eigenvalue weighted by molar-refractivity contribution is 6.03.